The molecule has 0 saturated carbocycles. The molecule has 20 heavy (non-hydrogen) atoms. The number of aryl methyl sites for hydroxylation is 2. The van der Waals surface area contributed by atoms with Crippen molar-refractivity contribution in [2.24, 2.45) is 0 Å². The molecule has 2 heterocycles. The van der Waals surface area contributed by atoms with Crippen molar-refractivity contribution in [1.82, 2.24) is 15.2 Å². The van der Waals surface area contributed by atoms with Crippen LogP contribution in [-0.2, 0) is 0 Å². The van der Waals surface area contributed by atoms with Crippen molar-refractivity contribution in [3.63, 3.8) is 0 Å². The maximum absolute atomic E-state index is 6.06. The Morgan fingerprint density at radius 1 is 1.10 bits per heavy atom. The molecule has 0 radical (unpaired) electrons. The summed E-state index contributed by atoms with van der Waals surface area (Å²) in [5.41, 5.74) is 12.2. The van der Waals surface area contributed by atoms with Crippen molar-refractivity contribution in [3.05, 3.63) is 53.9 Å². The van der Waals surface area contributed by atoms with Crippen LogP contribution >= 0.6 is 0 Å². The lowest BCUT2D eigenvalue weighted by atomic mass is 9.97. The average molecular weight is 264 g/mol. The summed E-state index contributed by atoms with van der Waals surface area (Å²) in [5.74, 6) is 0.517. The van der Waals surface area contributed by atoms with Crippen LogP contribution in [0, 0.1) is 13.8 Å². The minimum absolute atomic E-state index is 0.517. The molecule has 0 fully saturated rings. The van der Waals surface area contributed by atoms with E-state index in [-0.39, 0.29) is 0 Å². The molecule has 1 aromatic carbocycles. The number of rotatable bonds is 2. The zero-order valence-corrected chi connectivity index (χ0v) is 11.5. The van der Waals surface area contributed by atoms with Gasteiger partial charge in [0.25, 0.3) is 0 Å². The second kappa shape index (κ2) is 4.81. The van der Waals surface area contributed by atoms with Gasteiger partial charge in [0.05, 0.1) is 11.3 Å². The summed E-state index contributed by atoms with van der Waals surface area (Å²) in [6.07, 6.45) is 1.79. The van der Waals surface area contributed by atoms with Gasteiger partial charge >= 0.3 is 0 Å². The number of anilines is 1. The maximum atomic E-state index is 6.06. The van der Waals surface area contributed by atoms with E-state index in [1.54, 1.807) is 6.20 Å². The molecule has 0 atom stereocenters. The fourth-order valence-electron chi connectivity index (χ4n) is 2.39. The van der Waals surface area contributed by atoms with Gasteiger partial charge in [0.15, 0.2) is 5.82 Å². The highest BCUT2D eigenvalue weighted by Gasteiger charge is 2.16. The van der Waals surface area contributed by atoms with Crippen LogP contribution in [0.2, 0.25) is 0 Å². The third-order valence-corrected chi connectivity index (χ3v) is 3.39. The Hall–Kier alpha value is -2.62. The topological polar surface area (TPSA) is 67.6 Å². The summed E-state index contributed by atoms with van der Waals surface area (Å²) in [6, 6.07) is 12.1. The van der Waals surface area contributed by atoms with E-state index in [1.165, 1.54) is 5.56 Å². The molecule has 3 aromatic rings. The highest BCUT2D eigenvalue weighted by atomic mass is 15.2. The molecule has 4 nitrogen and oxygen atoms in total. The first kappa shape index (κ1) is 12.4. The Balaban J connectivity index is 2.23. The molecule has 4 heteroatoms. The van der Waals surface area contributed by atoms with Crippen LogP contribution in [0.1, 0.15) is 11.3 Å². The molecule has 3 rings (SSSR count). The molecular weight excluding hydrogens is 248 g/mol. The molecule has 0 unspecified atom stereocenters. The Labute approximate surface area is 117 Å². The molecule has 3 N–H and O–H groups in total. The minimum Gasteiger partial charge on any atom is -0.382 e. The van der Waals surface area contributed by atoms with Crippen molar-refractivity contribution < 1.29 is 0 Å². The number of aromatic amines is 1. The number of hydrogen-bond acceptors (Lipinski definition) is 3. The Bertz CT molecular complexity index is 759. The number of hydrogen-bond donors (Lipinski definition) is 2. The Kier molecular flexibility index (Phi) is 2.99. The smallest absolute Gasteiger partial charge is 0.153 e. The monoisotopic (exact) mass is 264 g/mol. The van der Waals surface area contributed by atoms with E-state index < -0.39 is 0 Å². The van der Waals surface area contributed by atoms with Crippen LogP contribution in [-0.4, -0.2) is 15.2 Å². The minimum atomic E-state index is 0.517. The first-order valence-electron chi connectivity index (χ1n) is 6.49. The maximum Gasteiger partial charge on any atom is 0.153 e. The summed E-state index contributed by atoms with van der Waals surface area (Å²) >= 11 is 0. The van der Waals surface area contributed by atoms with E-state index in [0.29, 0.717) is 5.82 Å². The third kappa shape index (κ3) is 2.05. The summed E-state index contributed by atoms with van der Waals surface area (Å²) in [5, 5.41) is 7.21. The predicted molar refractivity (Wildman–Crippen MR) is 81.1 cm³/mol. The first-order chi connectivity index (χ1) is 9.66. The van der Waals surface area contributed by atoms with Crippen LogP contribution < -0.4 is 5.73 Å². The molecule has 0 aliphatic rings. The van der Waals surface area contributed by atoms with Gasteiger partial charge in [-0.3, -0.25) is 10.1 Å². The van der Waals surface area contributed by atoms with Gasteiger partial charge in [-0.25, -0.2) is 0 Å². The Morgan fingerprint density at radius 3 is 2.65 bits per heavy atom. The summed E-state index contributed by atoms with van der Waals surface area (Å²) in [7, 11) is 0. The molecule has 0 amide bonds. The molecule has 0 aliphatic heterocycles. The van der Waals surface area contributed by atoms with E-state index >= 15 is 0 Å². The van der Waals surface area contributed by atoms with Crippen molar-refractivity contribution >= 4 is 5.82 Å². The summed E-state index contributed by atoms with van der Waals surface area (Å²) < 4.78 is 0. The van der Waals surface area contributed by atoms with Crippen molar-refractivity contribution in [2.45, 2.75) is 13.8 Å². The number of pyridine rings is 1. The second-order valence-electron chi connectivity index (χ2n) is 4.86. The number of aromatic nitrogens is 3. The fraction of sp³-hybridized carbons (Fsp3) is 0.125. The molecule has 0 spiro atoms. The van der Waals surface area contributed by atoms with Gasteiger partial charge in [-0.1, -0.05) is 24.3 Å². The number of nitrogens with two attached hydrogens (primary N) is 1. The van der Waals surface area contributed by atoms with E-state index in [4.69, 9.17) is 5.73 Å². The SMILES string of the molecule is Cc1cc(-c2[nH]nc(N)c2-c2ccccc2C)ccn1. The van der Waals surface area contributed by atoms with Gasteiger partial charge in [-0.15, -0.1) is 0 Å². The summed E-state index contributed by atoms with van der Waals surface area (Å²) in [4.78, 5) is 4.23. The highest BCUT2D eigenvalue weighted by Crippen LogP contribution is 2.36. The molecule has 2 aromatic heterocycles. The zero-order valence-electron chi connectivity index (χ0n) is 11.5. The van der Waals surface area contributed by atoms with Gasteiger partial charge in [-0.05, 0) is 37.1 Å². The van der Waals surface area contributed by atoms with Gasteiger partial charge in [0.1, 0.15) is 0 Å². The van der Waals surface area contributed by atoms with Crippen LogP contribution in [0.5, 0.6) is 0 Å². The number of nitrogens with zero attached hydrogens (tertiary/aromatic N) is 2. The third-order valence-electron chi connectivity index (χ3n) is 3.39. The van der Waals surface area contributed by atoms with Crippen molar-refractivity contribution in [2.75, 3.05) is 5.73 Å². The molecule has 0 bridgehead atoms. The van der Waals surface area contributed by atoms with E-state index in [9.17, 15) is 0 Å². The van der Waals surface area contributed by atoms with Gasteiger partial charge in [0.2, 0.25) is 0 Å². The van der Waals surface area contributed by atoms with Crippen LogP contribution in [0.15, 0.2) is 42.6 Å². The van der Waals surface area contributed by atoms with E-state index in [1.807, 2.05) is 31.2 Å². The van der Waals surface area contributed by atoms with Gasteiger partial charge in [-0.2, -0.15) is 5.10 Å². The van der Waals surface area contributed by atoms with Crippen LogP contribution in [0.3, 0.4) is 0 Å². The van der Waals surface area contributed by atoms with Gasteiger partial charge < -0.3 is 5.73 Å². The molecule has 0 saturated heterocycles. The second-order valence-corrected chi connectivity index (χ2v) is 4.86. The van der Waals surface area contributed by atoms with Crippen LogP contribution in [0.4, 0.5) is 5.82 Å². The lowest BCUT2D eigenvalue weighted by Crippen LogP contribution is -1.91. The highest BCUT2D eigenvalue weighted by molar-refractivity contribution is 5.88. The lowest BCUT2D eigenvalue weighted by Gasteiger charge is -2.08. The number of nitrogen functional groups attached to an aromatic ring is 1. The van der Waals surface area contributed by atoms with Crippen molar-refractivity contribution in [1.29, 1.82) is 0 Å². The van der Waals surface area contributed by atoms with Crippen molar-refractivity contribution in [3.8, 4) is 22.4 Å². The number of H-pyrrole nitrogens is 1. The van der Waals surface area contributed by atoms with Gasteiger partial charge in [0, 0.05) is 17.5 Å². The standard InChI is InChI=1S/C16H16N4/c1-10-5-3-4-6-13(10)14-15(19-20-16(14)17)12-7-8-18-11(2)9-12/h3-9H,1-2H3,(H3,17,19,20). The number of nitrogens with one attached hydrogen (secondary N) is 1. The fourth-order valence-corrected chi connectivity index (χ4v) is 2.39. The predicted octanol–water partition coefficient (Wildman–Crippen LogP) is 3.34. The quantitative estimate of drug-likeness (QED) is 0.746. The van der Waals surface area contributed by atoms with E-state index in [0.717, 1.165) is 28.1 Å². The summed E-state index contributed by atoms with van der Waals surface area (Å²) in [6.45, 7) is 4.04. The zero-order chi connectivity index (χ0) is 14.1. The molecular formula is C16H16N4. The first-order valence-corrected chi connectivity index (χ1v) is 6.49. The molecule has 0 aliphatic carbocycles. The van der Waals surface area contributed by atoms with Crippen LogP contribution in [0.25, 0.3) is 22.4 Å². The molecule has 100 valence electrons. The van der Waals surface area contributed by atoms with E-state index in [2.05, 4.69) is 34.2 Å². The Morgan fingerprint density at radius 2 is 1.90 bits per heavy atom. The average Bonchev–Trinajstić information content (AvgIpc) is 2.81. The number of benzene rings is 1. The lowest BCUT2D eigenvalue weighted by molar-refractivity contribution is 1.10. The largest absolute Gasteiger partial charge is 0.382 e. The normalized spacial score (nSPS) is 10.7.